The second-order valence-electron chi connectivity index (χ2n) is 5.25. The number of nitrogens with one attached hydrogen (secondary N) is 3. The Balaban J connectivity index is 1.84. The monoisotopic (exact) mass is 297 g/mol. The zero-order valence-electron chi connectivity index (χ0n) is 10.9. The second-order valence-corrected chi connectivity index (χ2v) is 5.25. The molecule has 1 aromatic carbocycles. The van der Waals surface area contributed by atoms with E-state index in [1.54, 1.807) is 0 Å². The van der Waals surface area contributed by atoms with Crippen LogP contribution >= 0.6 is 0 Å². The van der Waals surface area contributed by atoms with Crippen LogP contribution < -0.4 is 11.0 Å². The van der Waals surface area contributed by atoms with E-state index in [-0.39, 0.29) is 18.5 Å². The lowest BCUT2D eigenvalue weighted by molar-refractivity contribution is -0.212. The van der Waals surface area contributed by atoms with Gasteiger partial charge < -0.3 is 20.4 Å². The van der Waals surface area contributed by atoms with Gasteiger partial charge in [-0.3, -0.25) is 4.79 Å². The molecule has 3 rings (SSSR count). The second kappa shape index (κ2) is 4.39. The van der Waals surface area contributed by atoms with Crippen molar-refractivity contribution in [2.24, 2.45) is 0 Å². The van der Waals surface area contributed by atoms with Gasteiger partial charge in [0.1, 0.15) is 5.60 Å². The summed E-state index contributed by atoms with van der Waals surface area (Å²) in [5.41, 5.74) is -1.68. The molecule has 1 saturated carbocycles. The maximum Gasteiger partial charge on any atom is 0.352 e. The highest BCUT2D eigenvalue weighted by atomic mass is 19.3. The Bertz CT molecular complexity index is 761. The van der Waals surface area contributed by atoms with Gasteiger partial charge in [-0.2, -0.15) is 8.78 Å². The summed E-state index contributed by atoms with van der Waals surface area (Å²) >= 11 is 0. The molecule has 1 aliphatic rings. The van der Waals surface area contributed by atoms with Crippen molar-refractivity contribution in [3.63, 3.8) is 0 Å². The standard InChI is InChI=1S/C13H13F2N3O3/c14-13(15,12(21)4-1-5-12)10(19)16-7-2-3-8-9(6-7)18-11(20)17-8/h2-3,6,21H,1,4-5H2,(H,16,19)(H2,17,18,20). The molecule has 0 bridgehead atoms. The maximum atomic E-state index is 13.9. The van der Waals surface area contributed by atoms with Gasteiger partial charge in [-0.25, -0.2) is 4.79 Å². The summed E-state index contributed by atoms with van der Waals surface area (Å²) in [5, 5.41) is 11.8. The van der Waals surface area contributed by atoms with Gasteiger partial charge in [-0.15, -0.1) is 0 Å². The third-order valence-electron chi connectivity index (χ3n) is 3.82. The average Bonchev–Trinajstić information content (AvgIpc) is 2.75. The summed E-state index contributed by atoms with van der Waals surface area (Å²) < 4.78 is 27.8. The van der Waals surface area contributed by atoms with Gasteiger partial charge >= 0.3 is 11.6 Å². The lowest BCUT2D eigenvalue weighted by Gasteiger charge is -2.41. The molecule has 6 nitrogen and oxygen atoms in total. The minimum Gasteiger partial charge on any atom is -0.383 e. The Kier molecular flexibility index (Phi) is 2.87. The molecule has 0 radical (unpaired) electrons. The van der Waals surface area contributed by atoms with E-state index >= 15 is 0 Å². The van der Waals surface area contributed by atoms with Crippen molar-refractivity contribution < 1.29 is 18.7 Å². The number of aromatic nitrogens is 2. The smallest absolute Gasteiger partial charge is 0.352 e. The molecule has 0 atom stereocenters. The summed E-state index contributed by atoms with van der Waals surface area (Å²) in [6.07, 6.45) is 0.269. The Morgan fingerprint density at radius 1 is 1.29 bits per heavy atom. The summed E-state index contributed by atoms with van der Waals surface area (Å²) in [7, 11) is 0. The van der Waals surface area contributed by atoms with Crippen LogP contribution in [0.5, 0.6) is 0 Å². The van der Waals surface area contributed by atoms with E-state index in [0.717, 1.165) is 0 Å². The fourth-order valence-electron chi connectivity index (χ4n) is 2.36. The topological polar surface area (TPSA) is 98.0 Å². The first-order valence-electron chi connectivity index (χ1n) is 6.45. The quantitative estimate of drug-likeness (QED) is 0.688. The lowest BCUT2D eigenvalue weighted by Crippen LogP contribution is -2.59. The number of anilines is 1. The van der Waals surface area contributed by atoms with Crippen molar-refractivity contribution in [1.82, 2.24) is 9.97 Å². The number of hydrogen-bond acceptors (Lipinski definition) is 3. The zero-order chi connectivity index (χ0) is 15.3. The first-order chi connectivity index (χ1) is 9.82. The van der Waals surface area contributed by atoms with Gasteiger partial charge in [0.15, 0.2) is 0 Å². The summed E-state index contributed by atoms with van der Waals surface area (Å²) in [5.74, 6) is -5.41. The summed E-state index contributed by atoms with van der Waals surface area (Å²) in [6.45, 7) is 0. The number of aliphatic hydroxyl groups is 1. The number of alkyl halides is 2. The molecule has 21 heavy (non-hydrogen) atoms. The van der Waals surface area contributed by atoms with Crippen molar-refractivity contribution >= 4 is 22.6 Å². The molecule has 1 fully saturated rings. The van der Waals surface area contributed by atoms with Gasteiger partial charge in [0.05, 0.1) is 11.0 Å². The van der Waals surface area contributed by atoms with Crippen molar-refractivity contribution in [2.75, 3.05) is 5.32 Å². The molecule has 2 aromatic rings. The number of hydrogen-bond donors (Lipinski definition) is 4. The molecule has 4 N–H and O–H groups in total. The van der Waals surface area contributed by atoms with Crippen molar-refractivity contribution in [2.45, 2.75) is 30.8 Å². The predicted molar refractivity (Wildman–Crippen MR) is 71.3 cm³/mol. The van der Waals surface area contributed by atoms with E-state index in [1.165, 1.54) is 18.2 Å². The third-order valence-corrected chi connectivity index (χ3v) is 3.82. The minimum absolute atomic E-state index is 0.0996. The first kappa shape index (κ1) is 13.7. The van der Waals surface area contributed by atoms with Crippen LogP contribution in [0.3, 0.4) is 0 Å². The molecular formula is C13H13F2N3O3. The molecule has 8 heteroatoms. The number of H-pyrrole nitrogens is 2. The van der Waals surface area contributed by atoms with Gasteiger partial charge in [-0.05, 0) is 37.5 Å². The number of halogens is 2. The van der Waals surface area contributed by atoms with Crippen molar-refractivity contribution in [1.29, 1.82) is 0 Å². The summed E-state index contributed by atoms with van der Waals surface area (Å²) in [4.78, 5) is 27.8. The van der Waals surface area contributed by atoms with E-state index in [1.807, 2.05) is 0 Å². The van der Waals surface area contributed by atoms with Crippen LogP contribution in [-0.2, 0) is 4.79 Å². The number of fused-ring (bicyclic) bond motifs is 1. The van der Waals surface area contributed by atoms with Gasteiger partial charge in [0, 0.05) is 5.69 Å². The highest BCUT2D eigenvalue weighted by Gasteiger charge is 2.61. The van der Waals surface area contributed by atoms with Gasteiger partial charge in [-0.1, -0.05) is 0 Å². The zero-order valence-corrected chi connectivity index (χ0v) is 10.9. The van der Waals surface area contributed by atoms with Crippen LogP contribution in [0.2, 0.25) is 0 Å². The Morgan fingerprint density at radius 2 is 1.95 bits per heavy atom. The molecule has 0 spiro atoms. The normalized spacial score (nSPS) is 17.5. The molecule has 1 heterocycles. The Morgan fingerprint density at radius 3 is 2.57 bits per heavy atom. The summed E-state index contributed by atoms with van der Waals surface area (Å²) in [6, 6.07) is 4.25. The van der Waals surface area contributed by atoms with E-state index in [4.69, 9.17) is 0 Å². The van der Waals surface area contributed by atoms with E-state index in [2.05, 4.69) is 15.3 Å². The van der Waals surface area contributed by atoms with Gasteiger partial charge in [0.2, 0.25) is 0 Å². The van der Waals surface area contributed by atoms with Crippen molar-refractivity contribution in [3.8, 4) is 0 Å². The fraction of sp³-hybridized carbons (Fsp3) is 0.385. The number of amides is 1. The largest absolute Gasteiger partial charge is 0.383 e. The molecule has 0 saturated heterocycles. The fourth-order valence-corrected chi connectivity index (χ4v) is 2.36. The lowest BCUT2D eigenvalue weighted by atomic mass is 9.75. The molecule has 0 aliphatic heterocycles. The van der Waals surface area contributed by atoms with Crippen LogP contribution in [0, 0.1) is 0 Å². The predicted octanol–water partition coefficient (Wildman–Crippen LogP) is 1.34. The molecule has 0 unspecified atom stereocenters. The number of carbonyl (C=O) groups excluding carboxylic acids is 1. The average molecular weight is 297 g/mol. The highest BCUT2D eigenvalue weighted by Crippen LogP contribution is 2.44. The Labute approximate surface area is 117 Å². The number of benzene rings is 1. The molecule has 1 amide bonds. The minimum atomic E-state index is -3.86. The van der Waals surface area contributed by atoms with Crippen LogP contribution in [-0.4, -0.2) is 32.5 Å². The first-order valence-corrected chi connectivity index (χ1v) is 6.45. The van der Waals surface area contributed by atoms with E-state index in [0.29, 0.717) is 17.5 Å². The number of carbonyl (C=O) groups is 1. The highest BCUT2D eigenvalue weighted by molar-refractivity contribution is 5.98. The number of imidazole rings is 1. The van der Waals surface area contributed by atoms with Gasteiger partial charge in [0.25, 0.3) is 5.91 Å². The molecular weight excluding hydrogens is 284 g/mol. The van der Waals surface area contributed by atoms with E-state index in [9.17, 15) is 23.5 Å². The molecule has 1 aromatic heterocycles. The number of aromatic amines is 2. The van der Waals surface area contributed by atoms with Crippen molar-refractivity contribution in [3.05, 3.63) is 28.7 Å². The number of rotatable bonds is 3. The molecule has 1 aliphatic carbocycles. The third kappa shape index (κ3) is 2.11. The Hall–Kier alpha value is -2.22. The maximum absolute atomic E-state index is 13.9. The van der Waals surface area contributed by atoms with E-state index < -0.39 is 23.1 Å². The SMILES string of the molecule is O=C(Nc1ccc2[nH]c(=O)[nH]c2c1)C(F)(F)C1(O)CCC1. The van der Waals surface area contributed by atoms with Crippen LogP contribution in [0.15, 0.2) is 23.0 Å². The van der Waals surface area contributed by atoms with Crippen LogP contribution in [0.1, 0.15) is 19.3 Å². The molecule has 112 valence electrons. The van der Waals surface area contributed by atoms with Crippen LogP contribution in [0.25, 0.3) is 11.0 Å². The van der Waals surface area contributed by atoms with Crippen LogP contribution in [0.4, 0.5) is 14.5 Å².